The summed E-state index contributed by atoms with van der Waals surface area (Å²) in [6.07, 6.45) is -0.675. The SMILES string of the molecule is CC(=O)c1c(C)[nH]c(C(=O)[C@H](C)Oc2ccc(Cl)cc2C)c1C. The van der Waals surface area contributed by atoms with Gasteiger partial charge in [-0.05, 0) is 63.9 Å². The summed E-state index contributed by atoms with van der Waals surface area (Å²) in [6.45, 7) is 8.62. The lowest BCUT2D eigenvalue weighted by Crippen LogP contribution is -2.25. The van der Waals surface area contributed by atoms with E-state index in [0.717, 1.165) is 5.56 Å². The molecule has 1 N–H and O–H groups in total. The molecular formula is C18H20ClNO3. The molecule has 0 bridgehead atoms. The van der Waals surface area contributed by atoms with Gasteiger partial charge in [0.1, 0.15) is 5.75 Å². The first kappa shape index (κ1) is 17.3. The standard InChI is InChI=1S/C18H20ClNO3/c1-9-8-14(19)6-7-15(9)23-13(5)18(22)17-10(2)16(12(4)21)11(3)20-17/h6-8,13,20H,1-5H3/t13-/m0/s1. The van der Waals surface area contributed by atoms with Crippen LogP contribution in [0.4, 0.5) is 0 Å². The number of H-pyrrole nitrogens is 1. The highest BCUT2D eigenvalue weighted by Crippen LogP contribution is 2.25. The monoisotopic (exact) mass is 333 g/mol. The van der Waals surface area contributed by atoms with Gasteiger partial charge in [-0.2, -0.15) is 0 Å². The first-order valence-corrected chi connectivity index (χ1v) is 7.77. The summed E-state index contributed by atoms with van der Waals surface area (Å²) in [4.78, 5) is 27.3. The number of carbonyl (C=O) groups is 2. The lowest BCUT2D eigenvalue weighted by atomic mass is 10.0. The molecule has 1 aromatic heterocycles. The maximum Gasteiger partial charge on any atom is 0.219 e. The van der Waals surface area contributed by atoms with E-state index in [1.165, 1.54) is 6.92 Å². The van der Waals surface area contributed by atoms with E-state index in [9.17, 15) is 9.59 Å². The number of nitrogens with one attached hydrogen (secondary N) is 1. The Labute approximate surface area is 140 Å². The normalized spacial score (nSPS) is 12.1. The summed E-state index contributed by atoms with van der Waals surface area (Å²) >= 11 is 5.92. The third kappa shape index (κ3) is 3.48. The molecule has 1 aromatic carbocycles. The van der Waals surface area contributed by atoms with E-state index in [2.05, 4.69) is 4.98 Å². The molecule has 0 fully saturated rings. The van der Waals surface area contributed by atoms with Gasteiger partial charge >= 0.3 is 0 Å². The number of benzene rings is 1. The summed E-state index contributed by atoms with van der Waals surface area (Å²) in [5.74, 6) is 0.368. The molecule has 0 saturated carbocycles. The molecule has 1 heterocycles. The molecular weight excluding hydrogens is 314 g/mol. The molecule has 0 amide bonds. The number of carbonyl (C=O) groups excluding carboxylic acids is 2. The molecule has 23 heavy (non-hydrogen) atoms. The summed E-state index contributed by atoms with van der Waals surface area (Å²) in [5, 5.41) is 0.621. The van der Waals surface area contributed by atoms with Crippen LogP contribution in [0.15, 0.2) is 18.2 Å². The number of hydrogen-bond donors (Lipinski definition) is 1. The van der Waals surface area contributed by atoms with Crippen LogP contribution in [0.25, 0.3) is 0 Å². The maximum absolute atomic E-state index is 12.6. The van der Waals surface area contributed by atoms with Crippen molar-refractivity contribution in [2.75, 3.05) is 0 Å². The molecule has 0 saturated heterocycles. The maximum atomic E-state index is 12.6. The first-order valence-electron chi connectivity index (χ1n) is 7.39. The second kappa shape index (κ2) is 6.59. The van der Waals surface area contributed by atoms with Crippen LogP contribution in [0.3, 0.4) is 0 Å². The quantitative estimate of drug-likeness (QED) is 0.822. The fourth-order valence-electron chi connectivity index (χ4n) is 2.72. The van der Waals surface area contributed by atoms with E-state index in [1.54, 1.807) is 39.0 Å². The van der Waals surface area contributed by atoms with Crippen LogP contribution in [0.1, 0.15) is 51.5 Å². The summed E-state index contributed by atoms with van der Waals surface area (Å²) in [5.41, 5.74) is 3.23. The zero-order valence-electron chi connectivity index (χ0n) is 13.9. The Kier molecular flexibility index (Phi) is 4.95. The van der Waals surface area contributed by atoms with Gasteiger partial charge in [-0.15, -0.1) is 0 Å². The van der Waals surface area contributed by atoms with Crippen LogP contribution in [-0.4, -0.2) is 22.7 Å². The van der Waals surface area contributed by atoms with Gasteiger partial charge in [-0.25, -0.2) is 0 Å². The number of aryl methyl sites for hydroxylation is 2. The molecule has 2 aromatic rings. The zero-order chi connectivity index (χ0) is 17.3. The van der Waals surface area contributed by atoms with Crippen molar-refractivity contribution in [3.8, 4) is 5.75 Å². The highest BCUT2D eigenvalue weighted by Gasteiger charge is 2.25. The topological polar surface area (TPSA) is 59.2 Å². The average molecular weight is 334 g/mol. The summed E-state index contributed by atoms with van der Waals surface area (Å²) in [6, 6.07) is 5.25. The van der Waals surface area contributed by atoms with Crippen molar-refractivity contribution in [2.45, 2.75) is 40.7 Å². The largest absolute Gasteiger partial charge is 0.482 e. The molecule has 1 atom stereocenters. The Morgan fingerprint density at radius 1 is 1.22 bits per heavy atom. The number of halogens is 1. The predicted molar refractivity (Wildman–Crippen MR) is 90.9 cm³/mol. The van der Waals surface area contributed by atoms with Crippen molar-refractivity contribution in [3.63, 3.8) is 0 Å². The molecule has 0 aliphatic heterocycles. The number of aromatic amines is 1. The zero-order valence-corrected chi connectivity index (χ0v) is 14.7. The van der Waals surface area contributed by atoms with E-state index < -0.39 is 6.10 Å². The van der Waals surface area contributed by atoms with E-state index in [0.29, 0.717) is 33.3 Å². The fraction of sp³-hybridized carbons (Fsp3) is 0.333. The lowest BCUT2D eigenvalue weighted by Gasteiger charge is -2.15. The minimum Gasteiger partial charge on any atom is -0.482 e. The van der Waals surface area contributed by atoms with Crippen LogP contribution >= 0.6 is 11.6 Å². The second-order valence-corrected chi connectivity index (χ2v) is 6.15. The van der Waals surface area contributed by atoms with Gasteiger partial charge in [0, 0.05) is 16.3 Å². The van der Waals surface area contributed by atoms with Crippen LogP contribution in [0.5, 0.6) is 5.75 Å². The Hall–Kier alpha value is -2.07. The van der Waals surface area contributed by atoms with Crippen molar-refractivity contribution in [1.82, 2.24) is 4.98 Å². The van der Waals surface area contributed by atoms with Gasteiger partial charge < -0.3 is 9.72 Å². The second-order valence-electron chi connectivity index (χ2n) is 5.72. The van der Waals surface area contributed by atoms with Crippen LogP contribution in [0.2, 0.25) is 5.02 Å². The molecule has 5 heteroatoms. The number of ketones is 2. The van der Waals surface area contributed by atoms with Gasteiger partial charge in [0.05, 0.1) is 5.69 Å². The molecule has 0 aliphatic rings. The van der Waals surface area contributed by atoms with Crippen molar-refractivity contribution in [3.05, 3.63) is 51.3 Å². The van der Waals surface area contributed by atoms with E-state index >= 15 is 0 Å². The van der Waals surface area contributed by atoms with Crippen LogP contribution < -0.4 is 4.74 Å². The molecule has 4 nitrogen and oxygen atoms in total. The van der Waals surface area contributed by atoms with Gasteiger partial charge in [0.2, 0.25) is 5.78 Å². The van der Waals surface area contributed by atoms with Crippen LogP contribution in [0, 0.1) is 20.8 Å². The Morgan fingerprint density at radius 3 is 2.39 bits per heavy atom. The van der Waals surface area contributed by atoms with Crippen molar-refractivity contribution < 1.29 is 14.3 Å². The Balaban J connectivity index is 2.27. The fourth-order valence-corrected chi connectivity index (χ4v) is 2.94. The predicted octanol–water partition coefficient (Wildman–Crippen LogP) is 4.45. The number of aromatic nitrogens is 1. The molecule has 0 aliphatic carbocycles. The highest BCUT2D eigenvalue weighted by atomic mass is 35.5. The van der Waals surface area contributed by atoms with Gasteiger partial charge in [0.25, 0.3) is 0 Å². The average Bonchev–Trinajstić information content (AvgIpc) is 2.76. The smallest absolute Gasteiger partial charge is 0.219 e. The molecule has 0 spiro atoms. The van der Waals surface area contributed by atoms with E-state index in [4.69, 9.17) is 16.3 Å². The Morgan fingerprint density at radius 2 is 1.87 bits per heavy atom. The number of rotatable bonds is 5. The summed E-state index contributed by atoms with van der Waals surface area (Å²) < 4.78 is 5.77. The number of ether oxygens (including phenoxy) is 1. The third-order valence-electron chi connectivity index (χ3n) is 3.85. The van der Waals surface area contributed by atoms with Gasteiger partial charge in [0.15, 0.2) is 11.9 Å². The molecule has 0 unspecified atom stereocenters. The van der Waals surface area contributed by atoms with Crippen molar-refractivity contribution in [1.29, 1.82) is 0 Å². The minimum absolute atomic E-state index is 0.0579. The third-order valence-corrected chi connectivity index (χ3v) is 4.08. The molecule has 0 radical (unpaired) electrons. The highest BCUT2D eigenvalue weighted by molar-refractivity contribution is 6.30. The van der Waals surface area contributed by atoms with Crippen molar-refractivity contribution >= 4 is 23.2 Å². The Bertz CT molecular complexity index is 777. The summed E-state index contributed by atoms with van der Waals surface area (Å²) in [7, 11) is 0. The van der Waals surface area contributed by atoms with E-state index in [1.807, 2.05) is 6.92 Å². The van der Waals surface area contributed by atoms with Gasteiger partial charge in [-0.3, -0.25) is 9.59 Å². The molecule has 2 rings (SSSR count). The first-order chi connectivity index (χ1) is 10.7. The number of Topliss-reactive ketones (excluding diaryl/α,β-unsaturated/α-hetero) is 2. The van der Waals surface area contributed by atoms with E-state index in [-0.39, 0.29) is 11.6 Å². The van der Waals surface area contributed by atoms with Gasteiger partial charge in [-0.1, -0.05) is 11.6 Å². The van der Waals surface area contributed by atoms with Crippen LogP contribution in [-0.2, 0) is 0 Å². The van der Waals surface area contributed by atoms with Crippen molar-refractivity contribution in [2.24, 2.45) is 0 Å². The molecule has 122 valence electrons. The number of hydrogen-bond acceptors (Lipinski definition) is 3. The lowest BCUT2D eigenvalue weighted by molar-refractivity contribution is 0.0811. The minimum atomic E-state index is -0.675.